The van der Waals surface area contributed by atoms with Gasteiger partial charge in [0.25, 0.3) is 5.91 Å². The molecule has 2 aliphatic rings. The lowest BCUT2D eigenvalue weighted by Gasteiger charge is -2.35. The van der Waals surface area contributed by atoms with E-state index in [9.17, 15) is 9.59 Å². The molecule has 1 aliphatic carbocycles. The molecule has 1 aromatic carbocycles. The molecular weight excluding hydrogens is 349 g/mol. The molecular formula is C17H21Cl2N3O2. The Labute approximate surface area is 151 Å². The third-order valence-electron chi connectivity index (χ3n) is 4.70. The largest absolute Gasteiger partial charge is 0.335 e. The van der Waals surface area contributed by atoms with Crippen LogP contribution in [0, 0.1) is 0 Å². The van der Waals surface area contributed by atoms with E-state index in [-0.39, 0.29) is 11.9 Å². The van der Waals surface area contributed by atoms with Gasteiger partial charge in [-0.25, -0.2) is 4.79 Å². The summed E-state index contributed by atoms with van der Waals surface area (Å²) in [6.45, 7) is 2.14. The molecule has 0 spiro atoms. The van der Waals surface area contributed by atoms with E-state index in [1.54, 1.807) is 28.0 Å². The van der Waals surface area contributed by atoms with Gasteiger partial charge in [-0.15, -0.1) is 0 Å². The van der Waals surface area contributed by atoms with Crippen molar-refractivity contribution in [1.82, 2.24) is 15.1 Å². The van der Waals surface area contributed by atoms with Gasteiger partial charge >= 0.3 is 6.03 Å². The molecule has 130 valence electrons. The topological polar surface area (TPSA) is 52.7 Å². The molecule has 2 fully saturated rings. The number of hydrogen-bond donors (Lipinski definition) is 1. The number of carbonyl (C=O) groups excluding carboxylic acids is 2. The van der Waals surface area contributed by atoms with Crippen LogP contribution >= 0.6 is 23.2 Å². The van der Waals surface area contributed by atoms with Crippen LogP contribution in [0.2, 0.25) is 10.0 Å². The summed E-state index contributed by atoms with van der Waals surface area (Å²) in [6.07, 6.45) is 4.52. The Hall–Kier alpha value is -1.46. The lowest BCUT2D eigenvalue weighted by atomic mass is 10.2. The molecule has 3 rings (SSSR count). The number of hydrogen-bond acceptors (Lipinski definition) is 2. The van der Waals surface area contributed by atoms with Crippen molar-refractivity contribution in [2.45, 2.75) is 31.7 Å². The first-order chi connectivity index (χ1) is 11.5. The second kappa shape index (κ2) is 7.62. The SMILES string of the molecule is O=C(NC1CCCC1)N1CCN(C(=O)c2ccc(Cl)c(Cl)c2)CC1. The number of benzene rings is 1. The third-order valence-corrected chi connectivity index (χ3v) is 5.44. The molecule has 1 saturated heterocycles. The molecule has 0 bridgehead atoms. The average Bonchev–Trinajstić information content (AvgIpc) is 3.10. The van der Waals surface area contributed by atoms with Crippen LogP contribution in [-0.2, 0) is 0 Å². The van der Waals surface area contributed by atoms with E-state index < -0.39 is 0 Å². The number of rotatable bonds is 2. The van der Waals surface area contributed by atoms with Gasteiger partial charge in [-0.05, 0) is 31.0 Å². The van der Waals surface area contributed by atoms with Crippen molar-refractivity contribution in [1.29, 1.82) is 0 Å². The predicted molar refractivity (Wildman–Crippen MR) is 94.7 cm³/mol. The molecule has 0 atom stereocenters. The van der Waals surface area contributed by atoms with E-state index in [1.807, 2.05) is 0 Å². The average molecular weight is 370 g/mol. The summed E-state index contributed by atoms with van der Waals surface area (Å²) < 4.78 is 0. The second-order valence-corrected chi connectivity index (χ2v) is 7.15. The quantitative estimate of drug-likeness (QED) is 0.868. The predicted octanol–water partition coefficient (Wildman–Crippen LogP) is 3.40. The molecule has 0 radical (unpaired) electrons. The monoisotopic (exact) mass is 369 g/mol. The zero-order valence-corrected chi connectivity index (χ0v) is 14.9. The Morgan fingerprint density at radius 2 is 1.58 bits per heavy atom. The number of nitrogens with zero attached hydrogens (tertiary/aromatic N) is 2. The second-order valence-electron chi connectivity index (χ2n) is 6.34. The van der Waals surface area contributed by atoms with Crippen molar-refractivity contribution in [3.63, 3.8) is 0 Å². The fourth-order valence-corrected chi connectivity index (χ4v) is 3.56. The molecule has 24 heavy (non-hydrogen) atoms. The minimum absolute atomic E-state index is 0.0106. The van der Waals surface area contributed by atoms with Crippen molar-refractivity contribution in [3.8, 4) is 0 Å². The molecule has 0 aromatic heterocycles. The fourth-order valence-electron chi connectivity index (χ4n) is 3.26. The van der Waals surface area contributed by atoms with Gasteiger partial charge in [0.05, 0.1) is 10.0 Å². The summed E-state index contributed by atoms with van der Waals surface area (Å²) in [5.74, 6) is -0.0792. The zero-order chi connectivity index (χ0) is 17.1. The van der Waals surface area contributed by atoms with Crippen LogP contribution in [0.5, 0.6) is 0 Å². The first kappa shape index (κ1) is 17.4. The van der Waals surface area contributed by atoms with Crippen molar-refractivity contribution >= 4 is 35.1 Å². The normalized spacial score (nSPS) is 18.8. The molecule has 5 nitrogen and oxygen atoms in total. The number of urea groups is 1. The maximum Gasteiger partial charge on any atom is 0.317 e. The van der Waals surface area contributed by atoms with E-state index in [4.69, 9.17) is 23.2 Å². The molecule has 1 saturated carbocycles. The van der Waals surface area contributed by atoms with Gasteiger partial charge in [0.2, 0.25) is 0 Å². The number of nitrogens with one attached hydrogen (secondary N) is 1. The highest BCUT2D eigenvalue weighted by Gasteiger charge is 2.27. The van der Waals surface area contributed by atoms with Crippen molar-refractivity contribution in [3.05, 3.63) is 33.8 Å². The molecule has 1 aromatic rings. The molecule has 1 heterocycles. The Bertz CT molecular complexity index is 624. The lowest BCUT2D eigenvalue weighted by Crippen LogP contribution is -2.54. The van der Waals surface area contributed by atoms with Crippen LogP contribution in [0.1, 0.15) is 36.0 Å². The lowest BCUT2D eigenvalue weighted by molar-refractivity contribution is 0.0663. The van der Waals surface area contributed by atoms with E-state index in [0.29, 0.717) is 47.8 Å². The van der Waals surface area contributed by atoms with Gasteiger partial charge in [0, 0.05) is 37.8 Å². The van der Waals surface area contributed by atoms with Gasteiger partial charge in [0.15, 0.2) is 0 Å². The summed E-state index contributed by atoms with van der Waals surface area (Å²) >= 11 is 11.9. The van der Waals surface area contributed by atoms with Crippen LogP contribution in [0.4, 0.5) is 4.79 Å². The maximum absolute atomic E-state index is 12.5. The summed E-state index contributed by atoms with van der Waals surface area (Å²) in [5, 5.41) is 3.89. The van der Waals surface area contributed by atoms with E-state index in [1.165, 1.54) is 12.8 Å². The first-order valence-electron chi connectivity index (χ1n) is 8.34. The summed E-state index contributed by atoms with van der Waals surface area (Å²) in [5.41, 5.74) is 0.522. The van der Waals surface area contributed by atoms with E-state index in [2.05, 4.69) is 5.32 Å². The number of amides is 3. The zero-order valence-electron chi connectivity index (χ0n) is 13.4. The van der Waals surface area contributed by atoms with Gasteiger partial charge in [-0.1, -0.05) is 36.0 Å². The molecule has 0 unspecified atom stereocenters. The highest BCUT2D eigenvalue weighted by Crippen LogP contribution is 2.23. The number of halogens is 2. The van der Waals surface area contributed by atoms with Crippen molar-refractivity contribution in [2.75, 3.05) is 26.2 Å². The van der Waals surface area contributed by atoms with Gasteiger partial charge < -0.3 is 15.1 Å². The standard InChI is InChI=1S/C17H21Cl2N3O2/c18-14-6-5-12(11-15(14)19)16(23)21-7-9-22(10-8-21)17(24)20-13-3-1-2-4-13/h5-6,11,13H,1-4,7-10H2,(H,20,24). The Kier molecular flexibility index (Phi) is 5.51. The van der Waals surface area contributed by atoms with Crippen molar-refractivity contribution in [2.24, 2.45) is 0 Å². The Morgan fingerprint density at radius 1 is 0.958 bits per heavy atom. The molecule has 1 N–H and O–H groups in total. The smallest absolute Gasteiger partial charge is 0.317 e. The van der Waals surface area contributed by atoms with Gasteiger partial charge in [0.1, 0.15) is 0 Å². The van der Waals surface area contributed by atoms with Crippen LogP contribution in [0.25, 0.3) is 0 Å². The third kappa shape index (κ3) is 3.95. The van der Waals surface area contributed by atoms with Crippen LogP contribution in [0.3, 0.4) is 0 Å². The van der Waals surface area contributed by atoms with Crippen LogP contribution < -0.4 is 5.32 Å². The van der Waals surface area contributed by atoms with Crippen molar-refractivity contribution < 1.29 is 9.59 Å². The van der Waals surface area contributed by atoms with Crippen LogP contribution in [-0.4, -0.2) is 54.0 Å². The highest BCUT2D eigenvalue weighted by atomic mass is 35.5. The fraction of sp³-hybridized carbons (Fsp3) is 0.529. The first-order valence-corrected chi connectivity index (χ1v) is 9.10. The Morgan fingerprint density at radius 3 is 2.21 bits per heavy atom. The summed E-state index contributed by atoms with van der Waals surface area (Å²) in [7, 11) is 0. The number of carbonyl (C=O) groups is 2. The van der Waals surface area contributed by atoms with Gasteiger partial charge in [-0.3, -0.25) is 4.79 Å². The molecule has 3 amide bonds. The summed E-state index contributed by atoms with van der Waals surface area (Å²) in [4.78, 5) is 28.3. The molecule has 7 heteroatoms. The molecule has 1 aliphatic heterocycles. The van der Waals surface area contributed by atoms with Gasteiger partial charge in [-0.2, -0.15) is 0 Å². The highest BCUT2D eigenvalue weighted by molar-refractivity contribution is 6.42. The van der Waals surface area contributed by atoms with Crippen LogP contribution in [0.15, 0.2) is 18.2 Å². The number of piperazine rings is 1. The maximum atomic E-state index is 12.5. The minimum Gasteiger partial charge on any atom is -0.335 e. The summed E-state index contributed by atoms with van der Waals surface area (Å²) in [6, 6.07) is 5.20. The minimum atomic E-state index is -0.0792. The Balaban J connectivity index is 1.53. The van der Waals surface area contributed by atoms with E-state index >= 15 is 0 Å². The van der Waals surface area contributed by atoms with E-state index in [0.717, 1.165) is 12.8 Å².